The van der Waals surface area contributed by atoms with E-state index in [0.717, 1.165) is 0 Å². The van der Waals surface area contributed by atoms with Gasteiger partial charge in [-0.3, -0.25) is 4.79 Å². The Kier molecular flexibility index (Phi) is 2.40. The van der Waals surface area contributed by atoms with Crippen molar-refractivity contribution in [1.29, 1.82) is 0 Å². The number of aliphatic hydroxyl groups is 3. The Morgan fingerprint density at radius 2 is 2.10 bits per heavy atom. The summed E-state index contributed by atoms with van der Waals surface area (Å²) in [5.41, 5.74) is -2.14. The number of rotatable bonds is 1. The third-order valence-corrected chi connectivity index (χ3v) is 6.43. The second-order valence-corrected chi connectivity index (χ2v) is 7.12. The van der Waals surface area contributed by atoms with Crippen molar-refractivity contribution in [3.8, 4) is 0 Å². The molecule has 2 heterocycles. The maximum absolute atomic E-state index is 12.9. The average molecular weight is 296 g/mol. The number of allylic oxidation sites excluding steroid dienone is 1. The van der Waals surface area contributed by atoms with Crippen molar-refractivity contribution >= 4 is 5.78 Å². The molecule has 4 aliphatic rings. The molecule has 3 N–H and O–H groups in total. The van der Waals surface area contributed by atoms with Gasteiger partial charge < -0.3 is 24.8 Å². The number of aliphatic hydroxyl groups excluding tert-OH is 3. The maximum atomic E-state index is 12.9. The molecule has 1 saturated carbocycles. The van der Waals surface area contributed by atoms with Crippen molar-refractivity contribution in [2.75, 3.05) is 13.2 Å². The summed E-state index contributed by atoms with van der Waals surface area (Å²) in [5, 5.41) is 30.6. The van der Waals surface area contributed by atoms with Crippen LogP contribution in [-0.2, 0) is 14.3 Å². The van der Waals surface area contributed by atoms with Crippen LogP contribution in [0.4, 0.5) is 0 Å². The fourth-order valence-electron chi connectivity index (χ4n) is 5.04. The first-order chi connectivity index (χ1) is 9.84. The number of hydrogen-bond acceptors (Lipinski definition) is 6. The Hall–Kier alpha value is -0.950. The lowest BCUT2D eigenvalue weighted by atomic mass is 9.51. The standard InChI is InChI=1S/C15H20O6/c1-7-3-9-14(5-16,11(19)10(7)18)13(2)4-8(17)12(21-9)15(13)6-20-15/h8-9,12,16-18H,3-6H2,1-2H3/t8-,9+,12+,13+,14+,15?/m1/s1. The molecule has 6 nitrogen and oxygen atoms in total. The van der Waals surface area contributed by atoms with Gasteiger partial charge in [-0.1, -0.05) is 6.92 Å². The van der Waals surface area contributed by atoms with Crippen LogP contribution in [0.25, 0.3) is 0 Å². The lowest BCUT2D eigenvalue weighted by molar-refractivity contribution is -0.224. The van der Waals surface area contributed by atoms with Gasteiger partial charge in [-0.2, -0.15) is 0 Å². The van der Waals surface area contributed by atoms with Crippen LogP contribution in [0.3, 0.4) is 0 Å². The van der Waals surface area contributed by atoms with Crippen molar-refractivity contribution in [1.82, 2.24) is 0 Å². The Balaban J connectivity index is 1.94. The van der Waals surface area contributed by atoms with Crippen LogP contribution >= 0.6 is 0 Å². The highest BCUT2D eigenvalue weighted by molar-refractivity contribution is 6.01. The molecule has 6 atom stereocenters. The van der Waals surface area contributed by atoms with E-state index in [4.69, 9.17) is 9.47 Å². The molecule has 1 spiro atoms. The Labute approximate surface area is 122 Å². The summed E-state index contributed by atoms with van der Waals surface area (Å²) >= 11 is 0. The van der Waals surface area contributed by atoms with Gasteiger partial charge in [0.15, 0.2) is 5.76 Å². The van der Waals surface area contributed by atoms with E-state index in [9.17, 15) is 20.1 Å². The van der Waals surface area contributed by atoms with Gasteiger partial charge in [-0.25, -0.2) is 0 Å². The summed E-state index contributed by atoms with van der Waals surface area (Å²) in [5.74, 6) is -0.760. The number of hydrogen-bond donors (Lipinski definition) is 3. The molecule has 2 aliphatic heterocycles. The van der Waals surface area contributed by atoms with Gasteiger partial charge in [0, 0.05) is 5.41 Å². The zero-order valence-corrected chi connectivity index (χ0v) is 12.1. The van der Waals surface area contributed by atoms with Gasteiger partial charge in [0.25, 0.3) is 0 Å². The molecule has 3 fully saturated rings. The molecule has 4 rings (SSSR count). The first-order valence-electron chi connectivity index (χ1n) is 7.36. The number of carbonyl (C=O) groups is 1. The second kappa shape index (κ2) is 3.68. The Morgan fingerprint density at radius 1 is 1.43 bits per heavy atom. The molecular formula is C15H20O6. The zero-order chi connectivity index (χ0) is 15.2. The molecule has 0 amide bonds. The van der Waals surface area contributed by atoms with E-state index in [1.807, 2.05) is 6.92 Å². The quantitative estimate of drug-likeness (QED) is 0.593. The normalized spacial score (nSPS) is 55.0. The van der Waals surface area contributed by atoms with Crippen molar-refractivity contribution < 1.29 is 29.6 Å². The fourth-order valence-corrected chi connectivity index (χ4v) is 5.04. The van der Waals surface area contributed by atoms with E-state index in [1.165, 1.54) is 0 Å². The zero-order valence-electron chi connectivity index (χ0n) is 12.1. The number of epoxide rings is 1. The van der Waals surface area contributed by atoms with Crippen molar-refractivity contribution in [3.63, 3.8) is 0 Å². The monoisotopic (exact) mass is 296 g/mol. The highest BCUT2D eigenvalue weighted by Gasteiger charge is 2.83. The highest BCUT2D eigenvalue weighted by Crippen LogP contribution is 2.70. The molecule has 21 heavy (non-hydrogen) atoms. The summed E-state index contributed by atoms with van der Waals surface area (Å²) in [6, 6.07) is 0. The molecule has 2 saturated heterocycles. The van der Waals surface area contributed by atoms with Gasteiger partial charge >= 0.3 is 0 Å². The minimum atomic E-state index is -1.25. The van der Waals surface area contributed by atoms with Crippen LogP contribution in [0.2, 0.25) is 0 Å². The number of ketones is 1. The minimum Gasteiger partial charge on any atom is -0.504 e. The van der Waals surface area contributed by atoms with E-state index >= 15 is 0 Å². The van der Waals surface area contributed by atoms with Crippen LogP contribution in [0, 0.1) is 10.8 Å². The largest absolute Gasteiger partial charge is 0.504 e. The molecule has 2 bridgehead atoms. The molecular weight excluding hydrogens is 276 g/mol. The van der Waals surface area contributed by atoms with Crippen LogP contribution < -0.4 is 0 Å². The van der Waals surface area contributed by atoms with Crippen LogP contribution in [0.1, 0.15) is 26.7 Å². The molecule has 116 valence electrons. The Morgan fingerprint density at radius 3 is 2.67 bits per heavy atom. The van der Waals surface area contributed by atoms with Crippen molar-refractivity contribution in [2.24, 2.45) is 10.8 Å². The van der Waals surface area contributed by atoms with Crippen molar-refractivity contribution in [3.05, 3.63) is 11.3 Å². The number of ether oxygens (including phenoxy) is 2. The predicted octanol–water partition coefficient (Wildman–Crippen LogP) is 0.0772. The van der Waals surface area contributed by atoms with Crippen LogP contribution in [-0.4, -0.2) is 58.2 Å². The van der Waals surface area contributed by atoms with Gasteiger partial charge in [-0.05, 0) is 25.3 Å². The Bertz CT molecular complexity index is 565. The topological polar surface area (TPSA) is 99.5 Å². The fraction of sp³-hybridized carbons (Fsp3) is 0.800. The third kappa shape index (κ3) is 1.20. The molecule has 0 aromatic rings. The lowest BCUT2D eigenvalue weighted by Gasteiger charge is -2.56. The van der Waals surface area contributed by atoms with Crippen molar-refractivity contribution in [2.45, 2.75) is 50.6 Å². The van der Waals surface area contributed by atoms with Crippen LogP contribution in [0.15, 0.2) is 11.3 Å². The summed E-state index contributed by atoms with van der Waals surface area (Å²) in [7, 11) is 0. The average Bonchev–Trinajstić information content (AvgIpc) is 3.20. The molecule has 2 aliphatic carbocycles. The number of Topliss-reactive ketones (excluding diaryl/α,β-unsaturated/α-hetero) is 1. The molecule has 1 unspecified atom stereocenters. The van der Waals surface area contributed by atoms with E-state index in [-0.39, 0.29) is 5.76 Å². The SMILES string of the molecule is CC1=C(O)C(=O)[C@]2(CO)[C@H](C1)O[C@H]1[C@H](O)C[C@]2(C)C12CO2. The van der Waals surface area contributed by atoms with Gasteiger partial charge in [-0.15, -0.1) is 0 Å². The molecule has 0 radical (unpaired) electrons. The second-order valence-electron chi connectivity index (χ2n) is 7.12. The highest BCUT2D eigenvalue weighted by atomic mass is 16.6. The molecule has 6 heteroatoms. The van der Waals surface area contributed by atoms with E-state index in [2.05, 4.69) is 0 Å². The summed E-state index contributed by atoms with van der Waals surface area (Å²) in [6.45, 7) is 3.56. The maximum Gasteiger partial charge on any atom is 0.208 e. The molecule has 0 aromatic carbocycles. The van der Waals surface area contributed by atoms with E-state index in [0.29, 0.717) is 25.0 Å². The molecule has 0 aromatic heterocycles. The first-order valence-corrected chi connectivity index (χ1v) is 7.36. The number of carbonyl (C=O) groups excluding carboxylic acids is 1. The summed E-state index contributed by atoms with van der Waals surface area (Å²) in [6.07, 6.45) is -1.01. The van der Waals surface area contributed by atoms with E-state index < -0.39 is 47.1 Å². The van der Waals surface area contributed by atoms with Gasteiger partial charge in [0.1, 0.15) is 11.7 Å². The minimum absolute atomic E-state index is 0.277. The summed E-state index contributed by atoms with van der Waals surface area (Å²) in [4.78, 5) is 12.9. The van der Waals surface area contributed by atoms with Gasteiger partial charge in [0.05, 0.1) is 30.8 Å². The lowest BCUT2D eigenvalue weighted by Crippen LogP contribution is -2.68. The third-order valence-electron chi connectivity index (χ3n) is 6.43. The predicted molar refractivity (Wildman–Crippen MR) is 70.5 cm³/mol. The smallest absolute Gasteiger partial charge is 0.208 e. The van der Waals surface area contributed by atoms with E-state index in [1.54, 1.807) is 6.92 Å². The van der Waals surface area contributed by atoms with Gasteiger partial charge in [0.2, 0.25) is 5.78 Å². The van der Waals surface area contributed by atoms with Crippen LogP contribution in [0.5, 0.6) is 0 Å². The first kappa shape index (κ1) is 13.7. The summed E-state index contributed by atoms with van der Waals surface area (Å²) < 4.78 is 11.7. The number of fused-ring (bicyclic) bond motifs is 2.